The van der Waals surface area contributed by atoms with Gasteiger partial charge < -0.3 is 19.5 Å². The fourth-order valence-electron chi connectivity index (χ4n) is 2.67. The molecule has 2 aromatic carbocycles. The van der Waals surface area contributed by atoms with Crippen LogP contribution >= 0.6 is 0 Å². The van der Waals surface area contributed by atoms with Gasteiger partial charge >= 0.3 is 5.97 Å². The summed E-state index contributed by atoms with van der Waals surface area (Å²) in [5, 5.41) is 13.7. The molecule has 1 N–H and O–H groups in total. The molecule has 0 fully saturated rings. The van der Waals surface area contributed by atoms with Gasteiger partial charge in [0, 0.05) is 18.2 Å². The molecule has 3 rings (SSSR count). The predicted octanol–water partition coefficient (Wildman–Crippen LogP) is 2.11. The minimum atomic E-state index is -1.04. The lowest BCUT2D eigenvalue weighted by molar-refractivity contribution is -0.385. The molecule has 1 aliphatic heterocycles. The Morgan fingerprint density at radius 1 is 1.21 bits per heavy atom. The van der Waals surface area contributed by atoms with E-state index in [1.165, 1.54) is 25.1 Å². The van der Waals surface area contributed by atoms with Crippen LogP contribution in [0.4, 0.5) is 5.69 Å². The predicted molar refractivity (Wildman–Crippen MR) is 96.8 cm³/mol. The molecule has 0 aromatic heterocycles. The van der Waals surface area contributed by atoms with Crippen molar-refractivity contribution < 1.29 is 28.7 Å². The molecule has 0 radical (unpaired) electrons. The number of nitrogens with zero attached hydrogens (tertiary/aromatic N) is 1. The van der Waals surface area contributed by atoms with Gasteiger partial charge in [0.1, 0.15) is 0 Å². The first-order chi connectivity index (χ1) is 13.4. The Labute approximate surface area is 160 Å². The lowest BCUT2D eigenvalue weighted by Crippen LogP contribution is -2.35. The van der Waals surface area contributed by atoms with Gasteiger partial charge in [-0.1, -0.05) is 24.3 Å². The number of para-hydroxylation sites is 1. The third kappa shape index (κ3) is 4.56. The molecular formula is C19H18N2O7. The molecule has 0 unspecified atom stereocenters. The topological polar surface area (TPSA) is 117 Å². The second-order valence-corrected chi connectivity index (χ2v) is 6.10. The van der Waals surface area contributed by atoms with Gasteiger partial charge in [0.05, 0.1) is 11.3 Å². The third-order valence-electron chi connectivity index (χ3n) is 4.10. The SMILES string of the molecule is C[C@@H](OC(=O)Cc1ccccc1[N+](=O)[O-])C(=O)NCc1ccc2c(c1)OCO2. The number of nitro groups is 1. The second-order valence-electron chi connectivity index (χ2n) is 6.10. The number of nitro benzene ring substituents is 1. The smallest absolute Gasteiger partial charge is 0.311 e. The Bertz CT molecular complexity index is 913. The van der Waals surface area contributed by atoms with Crippen LogP contribution in [0.5, 0.6) is 11.5 Å². The molecule has 0 aliphatic carbocycles. The zero-order valence-electron chi connectivity index (χ0n) is 15.0. The number of hydrogen-bond donors (Lipinski definition) is 1. The number of fused-ring (bicyclic) bond motifs is 1. The van der Waals surface area contributed by atoms with Gasteiger partial charge in [-0.15, -0.1) is 0 Å². The average molecular weight is 386 g/mol. The molecule has 1 atom stereocenters. The summed E-state index contributed by atoms with van der Waals surface area (Å²) >= 11 is 0. The van der Waals surface area contributed by atoms with E-state index in [0.29, 0.717) is 11.5 Å². The summed E-state index contributed by atoms with van der Waals surface area (Å²) in [4.78, 5) is 34.6. The quantitative estimate of drug-likeness (QED) is 0.440. The number of nitrogens with one attached hydrogen (secondary N) is 1. The molecule has 1 amide bonds. The van der Waals surface area contributed by atoms with Crippen LogP contribution < -0.4 is 14.8 Å². The molecule has 0 saturated heterocycles. The van der Waals surface area contributed by atoms with E-state index in [2.05, 4.69) is 5.32 Å². The fourth-order valence-corrected chi connectivity index (χ4v) is 2.67. The Balaban J connectivity index is 1.51. The van der Waals surface area contributed by atoms with Crippen molar-refractivity contribution in [3.05, 3.63) is 63.7 Å². The third-order valence-corrected chi connectivity index (χ3v) is 4.10. The van der Waals surface area contributed by atoms with Gasteiger partial charge in [0.2, 0.25) is 6.79 Å². The van der Waals surface area contributed by atoms with E-state index in [4.69, 9.17) is 14.2 Å². The lowest BCUT2D eigenvalue weighted by atomic mass is 10.1. The summed E-state index contributed by atoms with van der Waals surface area (Å²) in [6, 6.07) is 11.2. The van der Waals surface area contributed by atoms with Crippen LogP contribution in [-0.2, 0) is 27.3 Å². The highest BCUT2D eigenvalue weighted by molar-refractivity contribution is 5.84. The van der Waals surface area contributed by atoms with Crippen LogP contribution in [0.1, 0.15) is 18.1 Å². The Morgan fingerprint density at radius 3 is 2.75 bits per heavy atom. The summed E-state index contributed by atoms with van der Waals surface area (Å²) in [5.74, 6) is 0.0525. The first-order valence-electron chi connectivity index (χ1n) is 8.52. The maximum absolute atomic E-state index is 12.2. The van der Waals surface area contributed by atoms with Crippen LogP contribution in [0.25, 0.3) is 0 Å². The molecule has 9 nitrogen and oxygen atoms in total. The van der Waals surface area contributed by atoms with E-state index in [9.17, 15) is 19.7 Å². The van der Waals surface area contributed by atoms with Gasteiger partial charge in [-0.2, -0.15) is 0 Å². The van der Waals surface area contributed by atoms with Gasteiger partial charge in [0.15, 0.2) is 17.6 Å². The number of benzene rings is 2. The second kappa shape index (κ2) is 8.38. The van der Waals surface area contributed by atoms with Crippen LogP contribution in [-0.4, -0.2) is 29.7 Å². The Kier molecular flexibility index (Phi) is 5.73. The van der Waals surface area contributed by atoms with E-state index < -0.39 is 22.9 Å². The number of rotatable bonds is 7. The van der Waals surface area contributed by atoms with E-state index >= 15 is 0 Å². The molecule has 2 aromatic rings. The number of carbonyl (C=O) groups excluding carboxylic acids is 2. The standard InChI is InChI=1S/C19H18N2O7/c1-12(28-18(22)9-14-4-2-3-5-15(14)21(24)25)19(23)20-10-13-6-7-16-17(8-13)27-11-26-16/h2-8,12H,9-11H2,1H3,(H,20,23)/t12-/m1/s1. The highest BCUT2D eigenvalue weighted by atomic mass is 16.7. The molecule has 1 aliphatic rings. The normalized spacial score (nSPS) is 12.9. The summed E-state index contributed by atoms with van der Waals surface area (Å²) < 4.78 is 15.6. The highest BCUT2D eigenvalue weighted by Gasteiger charge is 2.21. The molecule has 0 saturated carbocycles. The Hall–Kier alpha value is -3.62. The maximum Gasteiger partial charge on any atom is 0.311 e. The minimum absolute atomic E-state index is 0.164. The van der Waals surface area contributed by atoms with Crippen LogP contribution in [0.2, 0.25) is 0 Å². The van der Waals surface area contributed by atoms with E-state index in [-0.39, 0.29) is 31.0 Å². The first kappa shape index (κ1) is 19.2. The van der Waals surface area contributed by atoms with Crippen molar-refractivity contribution in [2.45, 2.75) is 26.0 Å². The summed E-state index contributed by atoms with van der Waals surface area (Å²) in [5.41, 5.74) is 0.862. The maximum atomic E-state index is 12.2. The van der Waals surface area contributed by atoms with Crippen molar-refractivity contribution in [2.75, 3.05) is 6.79 Å². The number of carbonyl (C=O) groups is 2. The van der Waals surface area contributed by atoms with Crippen LogP contribution in [0.15, 0.2) is 42.5 Å². The van der Waals surface area contributed by atoms with Gasteiger partial charge in [-0.05, 0) is 24.6 Å². The average Bonchev–Trinajstić information content (AvgIpc) is 3.14. The van der Waals surface area contributed by atoms with Gasteiger partial charge in [-0.3, -0.25) is 19.7 Å². The number of esters is 1. The van der Waals surface area contributed by atoms with Crippen LogP contribution in [0.3, 0.4) is 0 Å². The molecule has 1 heterocycles. The summed E-state index contributed by atoms with van der Waals surface area (Å²) in [6.07, 6.45) is -1.33. The molecular weight excluding hydrogens is 368 g/mol. The van der Waals surface area contributed by atoms with Gasteiger partial charge in [0.25, 0.3) is 11.6 Å². The zero-order chi connectivity index (χ0) is 20.1. The molecule has 146 valence electrons. The molecule has 28 heavy (non-hydrogen) atoms. The fraction of sp³-hybridized carbons (Fsp3) is 0.263. The number of ether oxygens (including phenoxy) is 3. The van der Waals surface area contributed by atoms with Crippen LogP contribution in [0, 0.1) is 10.1 Å². The molecule has 0 spiro atoms. The van der Waals surface area contributed by atoms with Crippen molar-refractivity contribution in [1.82, 2.24) is 5.32 Å². The largest absolute Gasteiger partial charge is 0.454 e. The van der Waals surface area contributed by atoms with Crippen molar-refractivity contribution >= 4 is 17.6 Å². The zero-order valence-corrected chi connectivity index (χ0v) is 15.0. The first-order valence-corrected chi connectivity index (χ1v) is 8.52. The number of hydrogen-bond acceptors (Lipinski definition) is 7. The Morgan fingerprint density at radius 2 is 1.96 bits per heavy atom. The van der Waals surface area contributed by atoms with E-state index in [1.54, 1.807) is 24.3 Å². The van der Waals surface area contributed by atoms with Crippen molar-refractivity contribution in [3.63, 3.8) is 0 Å². The minimum Gasteiger partial charge on any atom is -0.454 e. The van der Waals surface area contributed by atoms with E-state index in [0.717, 1.165) is 5.56 Å². The van der Waals surface area contributed by atoms with Gasteiger partial charge in [-0.25, -0.2) is 0 Å². The van der Waals surface area contributed by atoms with Crippen molar-refractivity contribution in [3.8, 4) is 11.5 Å². The molecule has 9 heteroatoms. The summed E-state index contributed by atoms with van der Waals surface area (Å²) in [6.45, 7) is 1.82. The van der Waals surface area contributed by atoms with Crippen molar-refractivity contribution in [1.29, 1.82) is 0 Å². The highest BCUT2D eigenvalue weighted by Crippen LogP contribution is 2.32. The molecule has 0 bridgehead atoms. The monoisotopic (exact) mass is 386 g/mol. The van der Waals surface area contributed by atoms with Crippen molar-refractivity contribution in [2.24, 2.45) is 0 Å². The number of amides is 1. The van der Waals surface area contributed by atoms with E-state index in [1.807, 2.05) is 0 Å². The summed E-state index contributed by atoms with van der Waals surface area (Å²) in [7, 11) is 0. The lowest BCUT2D eigenvalue weighted by Gasteiger charge is -2.14.